The molecule has 0 rings (SSSR count). The Morgan fingerprint density at radius 3 is 1.14 bits per heavy atom. The van der Waals surface area contributed by atoms with E-state index < -0.39 is 18.1 Å². The lowest BCUT2D eigenvalue weighted by Crippen LogP contribution is -2.17. The van der Waals surface area contributed by atoms with Gasteiger partial charge >= 0.3 is 0 Å². The SMILES string of the molecule is C.C.C.C.C=CCOCCOCC=C.C[SiH](C)O[SiH](C)C. The van der Waals surface area contributed by atoms with Gasteiger partial charge in [0, 0.05) is 0 Å². The van der Waals surface area contributed by atoms with Crippen molar-refractivity contribution < 1.29 is 13.6 Å². The molecule has 0 atom stereocenters. The molecule has 3 nitrogen and oxygen atoms in total. The maximum atomic E-state index is 5.53. The first-order valence-electron chi connectivity index (χ1n) is 6.07. The van der Waals surface area contributed by atoms with Crippen LogP contribution in [0.15, 0.2) is 25.3 Å². The normalized spacial score (nSPS) is 8.10. The van der Waals surface area contributed by atoms with E-state index >= 15 is 0 Å². The molecule has 0 fully saturated rings. The zero-order valence-electron chi connectivity index (χ0n) is 11.8. The Morgan fingerprint density at radius 2 is 1.00 bits per heavy atom. The molecule has 0 radical (unpaired) electrons. The van der Waals surface area contributed by atoms with Gasteiger partial charge in [-0.1, -0.05) is 41.9 Å². The van der Waals surface area contributed by atoms with E-state index in [-0.39, 0.29) is 29.7 Å². The van der Waals surface area contributed by atoms with Gasteiger partial charge in [-0.05, 0) is 26.2 Å². The van der Waals surface area contributed by atoms with Gasteiger partial charge in [-0.2, -0.15) is 0 Å². The van der Waals surface area contributed by atoms with E-state index in [1.54, 1.807) is 12.2 Å². The second-order valence-corrected chi connectivity index (χ2v) is 9.24. The van der Waals surface area contributed by atoms with Crippen LogP contribution in [-0.2, 0) is 13.6 Å². The molecule has 0 heterocycles. The number of hydrogen-bond acceptors (Lipinski definition) is 3. The summed E-state index contributed by atoms with van der Waals surface area (Å²) < 4.78 is 15.6. The molecule has 0 aliphatic rings. The molecule has 0 amide bonds. The zero-order chi connectivity index (χ0) is 13.5. The number of hydrogen-bond donors (Lipinski definition) is 0. The van der Waals surface area contributed by atoms with Crippen LogP contribution < -0.4 is 0 Å². The zero-order valence-corrected chi connectivity index (χ0v) is 14.1. The van der Waals surface area contributed by atoms with Gasteiger partial charge in [0.05, 0.1) is 26.4 Å². The second-order valence-electron chi connectivity index (χ2n) is 3.96. The van der Waals surface area contributed by atoms with E-state index in [9.17, 15) is 0 Å². The standard InChI is InChI=1S/C8H14O2.C4H14OSi2.4CH4/c1-3-5-9-7-8-10-6-4-2;1-6(2)5-7(3)4;;;;/h3-4H,1-2,5-8H2;6-7H,1-4H3;4*1H4. The van der Waals surface area contributed by atoms with Gasteiger partial charge in [-0.3, -0.25) is 0 Å². The average molecular weight is 341 g/mol. The highest BCUT2D eigenvalue weighted by Crippen LogP contribution is 1.87. The first-order chi connectivity index (χ1) is 8.04. The first-order valence-corrected chi connectivity index (χ1v) is 11.6. The Balaban J connectivity index is -0.0000000468. The van der Waals surface area contributed by atoms with Crippen molar-refractivity contribution in [1.29, 1.82) is 0 Å². The van der Waals surface area contributed by atoms with Crippen molar-refractivity contribution in [3.8, 4) is 0 Å². The summed E-state index contributed by atoms with van der Waals surface area (Å²) in [5, 5.41) is 0. The molecule has 0 saturated carbocycles. The summed E-state index contributed by atoms with van der Waals surface area (Å²) in [6.07, 6.45) is 3.43. The highest BCUT2D eigenvalue weighted by Gasteiger charge is 1.97. The summed E-state index contributed by atoms with van der Waals surface area (Å²) in [6, 6.07) is 0. The first kappa shape index (κ1) is 37.2. The van der Waals surface area contributed by atoms with Gasteiger partial charge in [0.25, 0.3) is 0 Å². The van der Waals surface area contributed by atoms with Gasteiger partial charge in [-0.15, -0.1) is 13.2 Å². The molecule has 0 aromatic carbocycles. The van der Waals surface area contributed by atoms with E-state index in [2.05, 4.69) is 39.3 Å². The Hall–Kier alpha value is -0.206. The Kier molecular flexibility index (Phi) is 56.6. The van der Waals surface area contributed by atoms with Gasteiger partial charge in [-0.25, -0.2) is 0 Å². The van der Waals surface area contributed by atoms with Crippen molar-refractivity contribution >= 4 is 18.1 Å². The summed E-state index contributed by atoms with van der Waals surface area (Å²) in [5.41, 5.74) is 0. The maximum Gasteiger partial charge on any atom is 0.156 e. The van der Waals surface area contributed by atoms with Crippen LogP contribution in [0.1, 0.15) is 29.7 Å². The Labute approximate surface area is 139 Å². The smallest absolute Gasteiger partial charge is 0.156 e. The molecular formula is C16H44O3Si2. The fourth-order valence-corrected chi connectivity index (χ4v) is 5.35. The molecule has 0 saturated heterocycles. The summed E-state index contributed by atoms with van der Waals surface area (Å²) in [5.74, 6) is 0. The van der Waals surface area contributed by atoms with E-state index in [4.69, 9.17) is 13.6 Å². The maximum absolute atomic E-state index is 5.53. The molecule has 0 aromatic rings. The lowest BCUT2D eigenvalue weighted by molar-refractivity contribution is 0.0710. The fourth-order valence-electron chi connectivity index (χ4n) is 0.996. The quantitative estimate of drug-likeness (QED) is 0.339. The molecule has 0 bridgehead atoms. The Bertz CT molecular complexity index is 157. The van der Waals surface area contributed by atoms with E-state index in [1.165, 1.54) is 0 Å². The lowest BCUT2D eigenvalue weighted by Gasteiger charge is -2.07. The third-order valence-electron chi connectivity index (χ3n) is 1.39. The van der Waals surface area contributed by atoms with Crippen LogP contribution >= 0.6 is 0 Å². The van der Waals surface area contributed by atoms with Gasteiger partial charge < -0.3 is 13.6 Å². The van der Waals surface area contributed by atoms with Crippen molar-refractivity contribution in [2.75, 3.05) is 26.4 Å². The van der Waals surface area contributed by atoms with E-state index in [0.29, 0.717) is 26.4 Å². The van der Waals surface area contributed by atoms with Crippen molar-refractivity contribution in [3.63, 3.8) is 0 Å². The van der Waals surface area contributed by atoms with Crippen LogP contribution in [0.3, 0.4) is 0 Å². The van der Waals surface area contributed by atoms with Crippen molar-refractivity contribution in [2.45, 2.75) is 55.9 Å². The van der Waals surface area contributed by atoms with Crippen molar-refractivity contribution in [1.82, 2.24) is 0 Å². The van der Waals surface area contributed by atoms with Crippen LogP contribution in [0.2, 0.25) is 26.2 Å². The molecule has 0 aliphatic carbocycles. The van der Waals surface area contributed by atoms with E-state index in [0.717, 1.165) is 0 Å². The highest BCUT2D eigenvalue weighted by atomic mass is 28.4. The largest absolute Gasteiger partial charge is 0.461 e. The second kappa shape index (κ2) is 31.9. The van der Waals surface area contributed by atoms with Gasteiger partial charge in [0.1, 0.15) is 0 Å². The van der Waals surface area contributed by atoms with Crippen LogP contribution in [-0.4, -0.2) is 44.5 Å². The number of rotatable bonds is 9. The molecular weight excluding hydrogens is 296 g/mol. The third kappa shape index (κ3) is 53.8. The average Bonchev–Trinajstić information content (AvgIpc) is 2.22. The topological polar surface area (TPSA) is 27.7 Å². The highest BCUT2D eigenvalue weighted by molar-refractivity contribution is 6.63. The third-order valence-corrected chi connectivity index (χ3v) is 5.74. The van der Waals surface area contributed by atoms with Gasteiger partial charge in [0.2, 0.25) is 0 Å². The molecule has 5 heteroatoms. The molecule has 134 valence electrons. The minimum absolute atomic E-state index is 0. The summed E-state index contributed by atoms with van der Waals surface area (Å²) in [7, 11) is -1.33. The predicted octanol–water partition coefficient (Wildman–Crippen LogP) is 4.91. The lowest BCUT2D eigenvalue weighted by atomic mass is 10.6. The number of ether oxygens (including phenoxy) is 2. The summed E-state index contributed by atoms with van der Waals surface area (Å²) >= 11 is 0. The van der Waals surface area contributed by atoms with Crippen LogP contribution in [0.25, 0.3) is 0 Å². The molecule has 0 unspecified atom stereocenters. The molecule has 21 heavy (non-hydrogen) atoms. The van der Waals surface area contributed by atoms with E-state index in [1.807, 2.05) is 0 Å². The van der Waals surface area contributed by atoms with Crippen LogP contribution in [0.4, 0.5) is 0 Å². The van der Waals surface area contributed by atoms with Gasteiger partial charge in [0.15, 0.2) is 18.1 Å². The van der Waals surface area contributed by atoms with Crippen LogP contribution in [0.5, 0.6) is 0 Å². The minimum atomic E-state index is -0.667. The Morgan fingerprint density at radius 1 is 0.714 bits per heavy atom. The molecule has 0 aromatic heterocycles. The fraction of sp³-hybridized carbons (Fsp3) is 0.750. The van der Waals surface area contributed by atoms with Crippen molar-refractivity contribution in [2.24, 2.45) is 0 Å². The molecule has 0 N–H and O–H groups in total. The monoisotopic (exact) mass is 340 g/mol. The predicted molar refractivity (Wildman–Crippen MR) is 108 cm³/mol. The van der Waals surface area contributed by atoms with Crippen molar-refractivity contribution in [3.05, 3.63) is 25.3 Å². The van der Waals surface area contributed by atoms with Crippen LogP contribution in [0, 0.1) is 0 Å². The summed E-state index contributed by atoms with van der Waals surface area (Å²) in [4.78, 5) is 0. The summed E-state index contributed by atoms with van der Waals surface area (Å²) in [6.45, 7) is 18.3. The minimum Gasteiger partial charge on any atom is -0.461 e. The molecule has 0 spiro atoms. The molecule has 0 aliphatic heterocycles.